The highest BCUT2D eigenvalue weighted by Crippen LogP contribution is 2.27. The lowest BCUT2D eigenvalue weighted by molar-refractivity contribution is 0.0939. The minimum Gasteiger partial charge on any atom is -0.457 e. The van der Waals surface area contributed by atoms with E-state index in [1.165, 1.54) is 10.9 Å². The fourth-order valence-electron chi connectivity index (χ4n) is 4.04. The molecule has 0 aliphatic carbocycles. The van der Waals surface area contributed by atoms with E-state index in [1.807, 2.05) is 74.5 Å². The zero-order valence-electron chi connectivity index (χ0n) is 18.9. The molecule has 0 bridgehead atoms. The van der Waals surface area contributed by atoms with Crippen LogP contribution in [0.25, 0.3) is 10.8 Å². The third kappa shape index (κ3) is 4.83. The number of carbonyl (C=O) groups excluding carboxylic acids is 1. The van der Waals surface area contributed by atoms with E-state index >= 15 is 0 Å². The van der Waals surface area contributed by atoms with E-state index in [1.54, 1.807) is 0 Å². The van der Waals surface area contributed by atoms with Crippen molar-refractivity contribution in [1.29, 1.82) is 0 Å². The first-order chi connectivity index (χ1) is 15.5. The molecule has 3 nitrogen and oxygen atoms in total. The monoisotopic (exact) mass is 423 g/mol. The number of hydrogen-bond donors (Lipinski definition) is 1. The molecule has 0 unspecified atom stereocenters. The molecule has 4 aromatic rings. The minimum atomic E-state index is -0.121. The molecule has 1 atom stereocenters. The summed E-state index contributed by atoms with van der Waals surface area (Å²) in [6.45, 7) is 6.20. The number of amides is 1. The highest BCUT2D eigenvalue weighted by molar-refractivity contribution is 5.97. The van der Waals surface area contributed by atoms with Crippen molar-refractivity contribution in [1.82, 2.24) is 5.32 Å². The molecule has 162 valence electrons. The Hall–Kier alpha value is -3.59. The van der Waals surface area contributed by atoms with Gasteiger partial charge in [-0.2, -0.15) is 0 Å². The molecule has 0 saturated heterocycles. The van der Waals surface area contributed by atoms with Crippen molar-refractivity contribution in [2.24, 2.45) is 0 Å². The zero-order chi connectivity index (χ0) is 22.5. The van der Waals surface area contributed by atoms with Crippen LogP contribution < -0.4 is 10.1 Å². The second-order valence-corrected chi connectivity index (χ2v) is 8.25. The van der Waals surface area contributed by atoms with Crippen LogP contribution in [-0.2, 0) is 6.42 Å². The Morgan fingerprint density at radius 1 is 0.906 bits per heavy atom. The van der Waals surface area contributed by atoms with Gasteiger partial charge in [0.2, 0.25) is 0 Å². The van der Waals surface area contributed by atoms with E-state index in [0.717, 1.165) is 35.1 Å². The molecule has 1 N–H and O–H groups in total. The first-order valence-corrected chi connectivity index (χ1v) is 11.2. The van der Waals surface area contributed by atoms with E-state index in [0.29, 0.717) is 11.3 Å². The summed E-state index contributed by atoms with van der Waals surface area (Å²) >= 11 is 0. The smallest absolute Gasteiger partial charge is 0.252 e. The average Bonchev–Trinajstić information content (AvgIpc) is 2.81. The summed E-state index contributed by atoms with van der Waals surface area (Å²) in [7, 11) is 0. The Labute approximate surface area is 190 Å². The molecule has 4 aromatic carbocycles. The maximum absolute atomic E-state index is 13.3. The lowest BCUT2D eigenvalue weighted by atomic mass is 9.98. The maximum atomic E-state index is 13.3. The molecule has 0 fully saturated rings. The lowest BCUT2D eigenvalue weighted by Gasteiger charge is -2.18. The maximum Gasteiger partial charge on any atom is 0.252 e. The number of rotatable bonds is 7. The van der Waals surface area contributed by atoms with Gasteiger partial charge < -0.3 is 10.1 Å². The van der Waals surface area contributed by atoms with Gasteiger partial charge in [-0.1, -0.05) is 79.6 Å². The molecule has 32 heavy (non-hydrogen) atoms. The number of fused-ring (bicyclic) bond motifs is 1. The van der Waals surface area contributed by atoms with Gasteiger partial charge in [0.25, 0.3) is 5.91 Å². The van der Waals surface area contributed by atoms with Crippen molar-refractivity contribution < 1.29 is 9.53 Å². The topological polar surface area (TPSA) is 38.3 Å². The predicted octanol–water partition coefficient (Wildman–Crippen LogP) is 7.38. The van der Waals surface area contributed by atoms with Crippen LogP contribution in [0.2, 0.25) is 0 Å². The van der Waals surface area contributed by atoms with E-state index in [9.17, 15) is 4.79 Å². The molecule has 0 saturated carbocycles. The standard InChI is InChI=1S/C29H29NO2/c1-4-8-22-15-18-25(32-24-16-13-20(2)14-17-24)19-28(22)29(31)30-21(3)26-12-7-10-23-9-5-6-11-27(23)26/h5-7,9-19,21H,4,8H2,1-3H3,(H,30,31)/t21-/m1/s1. The van der Waals surface area contributed by atoms with Crippen molar-refractivity contribution in [3.63, 3.8) is 0 Å². The molecule has 4 rings (SSSR count). The zero-order valence-corrected chi connectivity index (χ0v) is 18.9. The van der Waals surface area contributed by atoms with Gasteiger partial charge in [-0.3, -0.25) is 4.79 Å². The molecule has 0 radical (unpaired) electrons. The number of benzene rings is 4. The minimum absolute atomic E-state index is 0.0803. The third-order valence-electron chi connectivity index (χ3n) is 5.74. The van der Waals surface area contributed by atoms with E-state index in [4.69, 9.17) is 4.74 Å². The Bertz CT molecular complexity index is 1220. The van der Waals surface area contributed by atoms with Gasteiger partial charge in [0.05, 0.1) is 6.04 Å². The van der Waals surface area contributed by atoms with Gasteiger partial charge >= 0.3 is 0 Å². The summed E-state index contributed by atoms with van der Waals surface area (Å²) in [4.78, 5) is 13.3. The van der Waals surface area contributed by atoms with Gasteiger partial charge in [0, 0.05) is 5.56 Å². The second kappa shape index (κ2) is 9.69. The molecule has 0 aromatic heterocycles. The van der Waals surface area contributed by atoms with E-state index in [-0.39, 0.29) is 11.9 Å². The fraction of sp³-hybridized carbons (Fsp3) is 0.207. The predicted molar refractivity (Wildman–Crippen MR) is 132 cm³/mol. The van der Waals surface area contributed by atoms with Crippen LogP contribution in [-0.4, -0.2) is 5.91 Å². The highest BCUT2D eigenvalue weighted by atomic mass is 16.5. The SMILES string of the molecule is CCCc1ccc(Oc2ccc(C)cc2)cc1C(=O)N[C@H](C)c1cccc2ccccc12. The molecule has 0 spiro atoms. The van der Waals surface area contributed by atoms with Gasteiger partial charge in [0.1, 0.15) is 11.5 Å². The quantitative estimate of drug-likeness (QED) is 0.337. The molecule has 0 aliphatic rings. The first kappa shape index (κ1) is 21.6. The van der Waals surface area contributed by atoms with E-state index < -0.39 is 0 Å². The summed E-state index contributed by atoms with van der Waals surface area (Å²) in [5.41, 5.74) is 3.99. The fourth-order valence-corrected chi connectivity index (χ4v) is 4.04. The second-order valence-electron chi connectivity index (χ2n) is 8.25. The highest BCUT2D eigenvalue weighted by Gasteiger charge is 2.17. The normalized spacial score (nSPS) is 11.8. The molecular weight excluding hydrogens is 394 g/mol. The van der Waals surface area contributed by atoms with Crippen molar-refractivity contribution >= 4 is 16.7 Å². The van der Waals surface area contributed by atoms with Crippen molar-refractivity contribution in [3.8, 4) is 11.5 Å². The lowest BCUT2D eigenvalue weighted by Crippen LogP contribution is -2.27. The Kier molecular flexibility index (Phi) is 6.55. The van der Waals surface area contributed by atoms with Gasteiger partial charge in [0.15, 0.2) is 0 Å². The molecule has 3 heteroatoms. The van der Waals surface area contributed by atoms with Crippen molar-refractivity contribution in [2.45, 2.75) is 39.7 Å². The summed E-state index contributed by atoms with van der Waals surface area (Å²) in [5.74, 6) is 1.34. The number of aryl methyl sites for hydroxylation is 2. The number of hydrogen-bond acceptors (Lipinski definition) is 2. The van der Waals surface area contributed by atoms with Crippen LogP contribution in [0.4, 0.5) is 0 Å². The van der Waals surface area contributed by atoms with Gasteiger partial charge in [-0.15, -0.1) is 0 Å². The van der Waals surface area contributed by atoms with Crippen LogP contribution in [0.15, 0.2) is 84.9 Å². The van der Waals surface area contributed by atoms with Crippen LogP contribution >= 0.6 is 0 Å². The van der Waals surface area contributed by atoms with Gasteiger partial charge in [-0.05, 0) is 66.4 Å². The van der Waals surface area contributed by atoms with Crippen LogP contribution in [0, 0.1) is 6.92 Å². The first-order valence-electron chi connectivity index (χ1n) is 11.2. The number of nitrogens with one attached hydrogen (secondary N) is 1. The summed E-state index contributed by atoms with van der Waals surface area (Å²) < 4.78 is 6.02. The Morgan fingerprint density at radius 2 is 1.62 bits per heavy atom. The molecule has 0 heterocycles. The van der Waals surface area contributed by atoms with Crippen LogP contribution in [0.1, 0.15) is 53.4 Å². The van der Waals surface area contributed by atoms with Crippen molar-refractivity contribution in [2.75, 3.05) is 0 Å². The van der Waals surface area contributed by atoms with Crippen molar-refractivity contribution in [3.05, 3.63) is 107 Å². The Morgan fingerprint density at radius 3 is 2.41 bits per heavy atom. The number of carbonyl (C=O) groups is 1. The van der Waals surface area contributed by atoms with Crippen LogP contribution in [0.5, 0.6) is 11.5 Å². The summed E-state index contributed by atoms with van der Waals surface area (Å²) in [6.07, 6.45) is 1.81. The molecular formula is C29H29NO2. The number of ether oxygens (including phenoxy) is 1. The molecule has 1 amide bonds. The summed E-state index contributed by atoms with van der Waals surface area (Å²) in [5, 5.41) is 5.54. The van der Waals surface area contributed by atoms with Gasteiger partial charge in [-0.25, -0.2) is 0 Å². The largest absolute Gasteiger partial charge is 0.457 e. The van der Waals surface area contributed by atoms with E-state index in [2.05, 4.69) is 36.5 Å². The Balaban J connectivity index is 1.60. The molecule has 0 aliphatic heterocycles. The summed E-state index contributed by atoms with van der Waals surface area (Å²) in [6, 6.07) is 28.1. The van der Waals surface area contributed by atoms with Crippen LogP contribution in [0.3, 0.4) is 0 Å². The third-order valence-corrected chi connectivity index (χ3v) is 5.74. The average molecular weight is 424 g/mol.